The van der Waals surface area contributed by atoms with Crippen LogP contribution in [0, 0.1) is 0 Å². The molecule has 0 aliphatic carbocycles. The van der Waals surface area contributed by atoms with E-state index < -0.39 is 42.4 Å². The highest BCUT2D eigenvalue weighted by molar-refractivity contribution is 6.09. The third-order valence-corrected chi connectivity index (χ3v) is 4.27. The van der Waals surface area contributed by atoms with Crippen LogP contribution >= 0.6 is 0 Å². The molecule has 0 aromatic carbocycles. The standard InChI is InChI=1S/C13H14N6O6/c14-8-4-5-10(17-13(24)18-11(5)23)19(9(4)16-2-15-8)12-7(22)6(21)3(1-20)25-12/h2-3,6-7,12,20-22H,1H2,(H2,14,15,16)(H2,17,18,23,24)/t3-,6+,7+,12-/m0/s1. The molecule has 4 atom stereocenters. The van der Waals surface area contributed by atoms with Crippen LogP contribution in [0.5, 0.6) is 0 Å². The van der Waals surface area contributed by atoms with E-state index in [4.69, 9.17) is 10.5 Å². The maximum Gasteiger partial charge on any atom is 0.327 e. The Bertz CT molecular complexity index is 1090. The van der Waals surface area contributed by atoms with Gasteiger partial charge in [0.05, 0.1) is 17.4 Å². The predicted octanol–water partition coefficient (Wildman–Crippen LogP) is -2.85. The average Bonchev–Trinajstić information content (AvgIpc) is 3.04. The van der Waals surface area contributed by atoms with Gasteiger partial charge in [0, 0.05) is 0 Å². The number of rotatable bonds is 2. The SMILES string of the molecule is Nc1ncnc2c1c1c(=O)[nH]c(=O)[nH]c1n2[C@H]1O[C@@H](CO)[C@@H](O)[C@H]1O. The molecule has 0 saturated carbocycles. The second kappa shape index (κ2) is 5.35. The number of H-pyrrole nitrogens is 2. The summed E-state index contributed by atoms with van der Waals surface area (Å²) in [6, 6.07) is 0. The number of aromatic nitrogens is 5. The van der Waals surface area contributed by atoms with Crippen molar-refractivity contribution in [3.63, 3.8) is 0 Å². The molecule has 12 nitrogen and oxygen atoms in total. The van der Waals surface area contributed by atoms with Crippen LogP contribution in [0.3, 0.4) is 0 Å². The zero-order valence-corrected chi connectivity index (χ0v) is 12.6. The van der Waals surface area contributed by atoms with Crippen molar-refractivity contribution in [1.29, 1.82) is 0 Å². The van der Waals surface area contributed by atoms with E-state index in [1.165, 1.54) is 4.57 Å². The second-order valence-electron chi connectivity index (χ2n) is 5.69. The number of ether oxygens (including phenoxy) is 1. The summed E-state index contributed by atoms with van der Waals surface area (Å²) in [5.74, 6) is -0.00181. The van der Waals surface area contributed by atoms with E-state index in [0.717, 1.165) is 6.33 Å². The van der Waals surface area contributed by atoms with E-state index in [2.05, 4.69) is 19.9 Å². The van der Waals surface area contributed by atoms with Crippen LogP contribution < -0.4 is 17.0 Å². The summed E-state index contributed by atoms with van der Waals surface area (Å²) in [5.41, 5.74) is 4.50. The van der Waals surface area contributed by atoms with Gasteiger partial charge in [-0.2, -0.15) is 0 Å². The molecule has 1 aliphatic heterocycles. The number of aliphatic hydroxyl groups is 3. The Labute approximate surface area is 137 Å². The molecule has 0 radical (unpaired) electrons. The number of aliphatic hydroxyl groups excluding tert-OH is 3. The van der Waals surface area contributed by atoms with Gasteiger partial charge in [0.25, 0.3) is 5.56 Å². The minimum atomic E-state index is -1.44. The lowest BCUT2D eigenvalue weighted by molar-refractivity contribution is -0.0492. The first-order valence-electron chi connectivity index (χ1n) is 7.33. The van der Waals surface area contributed by atoms with Crippen LogP contribution in [0.4, 0.5) is 5.82 Å². The van der Waals surface area contributed by atoms with Crippen molar-refractivity contribution in [2.75, 3.05) is 12.3 Å². The van der Waals surface area contributed by atoms with Crippen molar-refractivity contribution in [2.24, 2.45) is 0 Å². The lowest BCUT2D eigenvalue weighted by Crippen LogP contribution is -2.33. The molecule has 7 N–H and O–H groups in total. The van der Waals surface area contributed by atoms with Crippen LogP contribution in [0.15, 0.2) is 15.9 Å². The molecule has 3 aromatic heterocycles. The summed E-state index contributed by atoms with van der Waals surface area (Å²) < 4.78 is 6.75. The van der Waals surface area contributed by atoms with Crippen molar-refractivity contribution < 1.29 is 20.1 Å². The highest BCUT2D eigenvalue weighted by atomic mass is 16.6. The fourth-order valence-electron chi connectivity index (χ4n) is 3.15. The molecule has 1 saturated heterocycles. The number of fused-ring (bicyclic) bond motifs is 3. The van der Waals surface area contributed by atoms with Crippen molar-refractivity contribution in [2.45, 2.75) is 24.5 Å². The molecule has 3 aromatic rings. The van der Waals surface area contributed by atoms with Crippen molar-refractivity contribution >= 4 is 27.9 Å². The van der Waals surface area contributed by atoms with Crippen LogP contribution in [-0.2, 0) is 4.74 Å². The van der Waals surface area contributed by atoms with Gasteiger partial charge in [0.2, 0.25) is 0 Å². The minimum Gasteiger partial charge on any atom is -0.394 e. The molecule has 0 bridgehead atoms. The first kappa shape index (κ1) is 15.7. The fraction of sp³-hybridized carbons (Fsp3) is 0.385. The third-order valence-electron chi connectivity index (χ3n) is 4.27. The van der Waals surface area contributed by atoms with Crippen LogP contribution in [0.2, 0.25) is 0 Å². The summed E-state index contributed by atoms with van der Waals surface area (Å²) in [6.07, 6.45) is -3.90. The number of aromatic amines is 2. The summed E-state index contributed by atoms with van der Waals surface area (Å²) in [6.45, 7) is -0.528. The largest absolute Gasteiger partial charge is 0.394 e. The molecule has 1 fully saturated rings. The Kier molecular flexibility index (Phi) is 3.36. The summed E-state index contributed by atoms with van der Waals surface area (Å²) in [5, 5.41) is 29.7. The maximum absolute atomic E-state index is 12.3. The van der Waals surface area contributed by atoms with E-state index in [1.54, 1.807) is 0 Å². The van der Waals surface area contributed by atoms with Gasteiger partial charge in [-0.25, -0.2) is 14.8 Å². The summed E-state index contributed by atoms with van der Waals surface area (Å²) in [4.78, 5) is 36.4. The van der Waals surface area contributed by atoms with Gasteiger partial charge in [-0.15, -0.1) is 0 Å². The number of nitrogens with one attached hydrogen (secondary N) is 2. The van der Waals surface area contributed by atoms with Crippen LogP contribution in [-0.4, -0.2) is 64.7 Å². The van der Waals surface area contributed by atoms with Gasteiger partial charge >= 0.3 is 5.69 Å². The average molecular weight is 350 g/mol. The predicted molar refractivity (Wildman–Crippen MR) is 83.7 cm³/mol. The second-order valence-corrected chi connectivity index (χ2v) is 5.69. The molecular formula is C13H14N6O6. The van der Waals surface area contributed by atoms with E-state index in [-0.39, 0.29) is 27.9 Å². The lowest BCUT2D eigenvalue weighted by atomic mass is 10.1. The number of anilines is 1. The van der Waals surface area contributed by atoms with Crippen LogP contribution in [0.25, 0.3) is 22.1 Å². The Morgan fingerprint density at radius 2 is 1.96 bits per heavy atom. The van der Waals surface area contributed by atoms with Gasteiger partial charge < -0.3 is 25.8 Å². The Balaban J connectivity index is 2.11. The molecule has 4 heterocycles. The molecule has 0 amide bonds. The highest BCUT2D eigenvalue weighted by Crippen LogP contribution is 2.36. The normalized spacial score (nSPS) is 26.7. The van der Waals surface area contributed by atoms with Gasteiger partial charge in [0.15, 0.2) is 6.23 Å². The third kappa shape index (κ3) is 2.09. The smallest absolute Gasteiger partial charge is 0.327 e. The van der Waals surface area contributed by atoms with Gasteiger partial charge in [-0.05, 0) is 0 Å². The number of nitrogens with two attached hydrogens (primary N) is 1. The minimum absolute atomic E-state index is 0.00181. The van der Waals surface area contributed by atoms with Gasteiger partial charge in [-0.3, -0.25) is 19.3 Å². The number of nitrogen functional groups attached to an aromatic ring is 1. The van der Waals surface area contributed by atoms with Gasteiger partial charge in [0.1, 0.15) is 41.8 Å². The lowest BCUT2D eigenvalue weighted by Gasteiger charge is -2.18. The van der Waals surface area contributed by atoms with E-state index in [1.807, 2.05) is 0 Å². The molecule has 4 rings (SSSR count). The first-order chi connectivity index (χ1) is 11.9. The molecule has 0 unspecified atom stereocenters. The summed E-state index contributed by atoms with van der Waals surface area (Å²) >= 11 is 0. The Hall–Kier alpha value is -2.80. The van der Waals surface area contributed by atoms with E-state index in [0.29, 0.717) is 0 Å². The van der Waals surface area contributed by atoms with E-state index in [9.17, 15) is 24.9 Å². The number of hydrogen-bond donors (Lipinski definition) is 6. The zero-order chi connectivity index (χ0) is 17.9. The van der Waals surface area contributed by atoms with Crippen molar-refractivity contribution in [1.82, 2.24) is 24.5 Å². The molecule has 1 aliphatic rings. The zero-order valence-electron chi connectivity index (χ0n) is 12.6. The Morgan fingerprint density at radius 1 is 1.20 bits per heavy atom. The molecule has 132 valence electrons. The van der Waals surface area contributed by atoms with Gasteiger partial charge in [-0.1, -0.05) is 0 Å². The Morgan fingerprint density at radius 3 is 2.64 bits per heavy atom. The number of hydrogen-bond acceptors (Lipinski definition) is 9. The quantitative estimate of drug-likeness (QED) is 0.282. The van der Waals surface area contributed by atoms with Crippen molar-refractivity contribution in [3.05, 3.63) is 27.2 Å². The topological polar surface area (TPSA) is 192 Å². The fourth-order valence-corrected chi connectivity index (χ4v) is 3.15. The molecule has 0 spiro atoms. The molecule has 25 heavy (non-hydrogen) atoms. The summed E-state index contributed by atoms with van der Waals surface area (Å²) in [7, 11) is 0. The number of nitrogens with zero attached hydrogens (tertiary/aromatic N) is 3. The van der Waals surface area contributed by atoms with Crippen LogP contribution in [0.1, 0.15) is 6.23 Å². The molecule has 12 heteroatoms. The first-order valence-corrected chi connectivity index (χ1v) is 7.33. The maximum atomic E-state index is 12.3. The van der Waals surface area contributed by atoms with E-state index >= 15 is 0 Å². The highest BCUT2D eigenvalue weighted by Gasteiger charge is 2.44. The van der Waals surface area contributed by atoms with Crippen molar-refractivity contribution in [3.8, 4) is 0 Å². The monoisotopic (exact) mass is 350 g/mol. The molecular weight excluding hydrogens is 336 g/mol.